The second-order valence-electron chi connectivity index (χ2n) is 10.3. The van der Waals surface area contributed by atoms with Crippen molar-refractivity contribution in [1.29, 1.82) is 0 Å². The van der Waals surface area contributed by atoms with Crippen LogP contribution < -0.4 is 0 Å². The first kappa shape index (κ1) is 34.2. The van der Waals surface area contributed by atoms with Gasteiger partial charge in [0.25, 0.3) is 0 Å². The van der Waals surface area contributed by atoms with Gasteiger partial charge >= 0.3 is 13.8 Å². The molecule has 208 valence electrons. The van der Waals surface area contributed by atoms with E-state index in [0.717, 1.165) is 32.1 Å². The average molecular weight is 523 g/mol. The van der Waals surface area contributed by atoms with Crippen LogP contribution in [0.4, 0.5) is 0 Å². The minimum Gasteiger partial charge on any atom is -0.463 e. The van der Waals surface area contributed by atoms with E-state index in [1.807, 2.05) is 21.1 Å². The van der Waals surface area contributed by atoms with E-state index in [1.165, 1.54) is 51.4 Å². The van der Waals surface area contributed by atoms with Crippen molar-refractivity contribution < 1.29 is 37.6 Å². The molecule has 0 saturated heterocycles. The van der Waals surface area contributed by atoms with E-state index >= 15 is 0 Å². The SMILES string of the molecule is CCCCCCCCC=CCCCCCCCC(=O)OCC(O)COP(=O)(O)OCC[N+](C)(C)C. The molecule has 0 aliphatic rings. The summed E-state index contributed by atoms with van der Waals surface area (Å²) < 4.78 is 27.0. The number of phosphoric acid groups is 1. The fourth-order valence-electron chi connectivity index (χ4n) is 3.30. The number of likely N-dealkylation sites (N-methyl/N-ethyl adjacent to an activating group) is 1. The average Bonchev–Trinajstić information content (AvgIpc) is 2.78. The summed E-state index contributed by atoms with van der Waals surface area (Å²) >= 11 is 0. The number of hydrogen-bond acceptors (Lipinski definition) is 6. The highest BCUT2D eigenvalue weighted by Crippen LogP contribution is 2.43. The van der Waals surface area contributed by atoms with Crippen LogP contribution in [0.25, 0.3) is 0 Å². The predicted molar refractivity (Wildman–Crippen MR) is 141 cm³/mol. The molecule has 0 amide bonds. The van der Waals surface area contributed by atoms with Crippen LogP contribution in [0.2, 0.25) is 0 Å². The van der Waals surface area contributed by atoms with Gasteiger partial charge < -0.3 is 19.2 Å². The van der Waals surface area contributed by atoms with Crippen LogP contribution in [0, 0.1) is 0 Å². The molecule has 0 aromatic rings. The Kier molecular flexibility index (Phi) is 20.9. The number of unbranched alkanes of at least 4 members (excludes halogenated alkanes) is 11. The third-order valence-corrected chi connectivity index (χ3v) is 6.51. The molecule has 0 aromatic carbocycles. The van der Waals surface area contributed by atoms with E-state index in [-0.39, 0.29) is 19.2 Å². The Labute approximate surface area is 214 Å². The van der Waals surface area contributed by atoms with E-state index in [4.69, 9.17) is 13.8 Å². The number of esters is 1. The van der Waals surface area contributed by atoms with Gasteiger partial charge in [-0.05, 0) is 32.1 Å². The first-order chi connectivity index (χ1) is 16.6. The van der Waals surface area contributed by atoms with E-state index < -0.39 is 20.5 Å². The second kappa shape index (κ2) is 21.3. The molecule has 0 heterocycles. The molecule has 0 rings (SSSR count). The fraction of sp³-hybridized carbons (Fsp3) is 0.885. The van der Waals surface area contributed by atoms with E-state index in [1.54, 1.807) is 0 Å². The van der Waals surface area contributed by atoms with Gasteiger partial charge in [0.1, 0.15) is 25.9 Å². The van der Waals surface area contributed by atoms with Crippen LogP contribution >= 0.6 is 7.82 Å². The smallest absolute Gasteiger partial charge is 0.463 e. The Balaban J connectivity index is 3.59. The Morgan fingerprint density at radius 3 is 1.97 bits per heavy atom. The summed E-state index contributed by atoms with van der Waals surface area (Å²) in [7, 11) is 1.56. The summed E-state index contributed by atoms with van der Waals surface area (Å²) in [6.45, 7) is 2.11. The van der Waals surface area contributed by atoms with Crippen LogP contribution in [-0.2, 0) is 23.1 Å². The summed E-state index contributed by atoms with van der Waals surface area (Å²) in [6.07, 6.45) is 19.2. The summed E-state index contributed by atoms with van der Waals surface area (Å²) in [5.74, 6) is -0.381. The number of carbonyl (C=O) groups excluding carboxylic acids is 1. The van der Waals surface area contributed by atoms with Crippen molar-refractivity contribution in [3.8, 4) is 0 Å². The summed E-state index contributed by atoms with van der Waals surface area (Å²) in [6, 6.07) is 0. The lowest BCUT2D eigenvalue weighted by Crippen LogP contribution is -2.37. The number of aliphatic hydroxyl groups is 1. The Morgan fingerprint density at radius 1 is 0.857 bits per heavy atom. The van der Waals surface area contributed by atoms with Gasteiger partial charge in [-0.1, -0.05) is 70.4 Å². The van der Waals surface area contributed by atoms with Crippen LogP contribution in [0.3, 0.4) is 0 Å². The molecule has 35 heavy (non-hydrogen) atoms. The molecule has 0 radical (unpaired) electrons. The maximum atomic E-state index is 11.8. The minimum absolute atomic E-state index is 0.0539. The highest BCUT2D eigenvalue weighted by atomic mass is 31.2. The highest BCUT2D eigenvalue weighted by molar-refractivity contribution is 7.47. The Bertz CT molecular complexity index is 593. The molecule has 8 nitrogen and oxygen atoms in total. The number of aliphatic hydroxyl groups excluding tert-OH is 1. The van der Waals surface area contributed by atoms with E-state index in [9.17, 15) is 19.4 Å². The number of quaternary nitrogens is 1. The minimum atomic E-state index is -4.24. The molecule has 2 atom stereocenters. The molecule has 2 unspecified atom stereocenters. The zero-order chi connectivity index (χ0) is 26.4. The number of ether oxygens (including phenoxy) is 1. The monoisotopic (exact) mass is 522 g/mol. The molecule has 0 spiro atoms. The van der Waals surface area contributed by atoms with Crippen molar-refractivity contribution in [2.45, 2.75) is 103 Å². The lowest BCUT2D eigenvalue weighted by molar-refractivity contribution is -0.870. The quantitative estimate of drug-likeness (QED) is 0.0546. The second-order valence-corrected chi connectivity index (χ2v) is 11.7. The van der Waals surface area contributed by atoms with Gasteiger partial charge in [0, 0.05) is 6.42 Å². The van der Waals surface area contributed by atoms with Crippen molar-refractivity contribution in [3.63, 3.8) is 0 Å². The van der Waals surface area contributed by atoms with Gasteiger partial charge in [0.05, 0.1) is 27.7 Å². The van der Waals surface area contributed by atoms with Crippen molar-refractivity contribution in [2.75, 3.05) is 47.5 Å². The zero-order valence-corrected chi connectivity index (χ0v) is 23.7. The summed E-state index contributed by atoms with van der Waals surface area (Å²) in [5, 5.41) is 9.82. The number of nitrogens with zero attached hydrogens (tertiary/aromatic N) is 1. The Morgan fingerprint density at radius 2 is 1.40 bits per heavy atom. The molecule has 0 aliphatic heterocycles. The van der Waals surface area contributed by atoms with Crippen molar-refractivity contribution in [2.24, 2.45) is 0 Å². The first-order valence-corrected chi connectivity index (χ1v) is 15.0. The lowest BCUT2D eigenvalue weighted by atomic mass is 10.1. The van der Waals surface area contributed by atoms with Gasteiger partial charge in [0.15, 0.2) is 0 Å². The highest BCUT2D eigenvalue weighted by Gasteiger charge is 2.24. The summed E-state index contributed by atoms with van der Waals surface area (Å²) in [5.41, 5.74) is 0. The van der Waals surface area contributed by atoms with Crippen molar-refractivity contribution in [3.05, 3.63) is 12.2 Å². The fourth-order valence-corrected chi connectivity index (χ4v) is 4.04. The molecule has 0 saturated carbocycles. The Hall–Kier alpha value is -0.760. The van der Waals surface area contributed by atoms with Gasteiger partial charge in [-0.15, -0.1) is 0 Å². The third-order valence-electron chi connectivity index (χ3n) is 5.53. The molecule has 0 bridgehead atoms. The van der Waals surface area contributed by atoms with E-state index in [0.29, 0.717) is 17.4 Å². The maximum Gasteiger partial charge on any atom is 0.472 e. The van der Waals surface area contributed by atoms with Gasteiger partial charge in [-0.25, -0.2) is 4.57 Å². The van der Waals surface area contributed by atoms with Crippen LogP contribution in [-0.4, -0.2) is 74.1 Å². The standard InChI is InChI=1S/C26H52NO7P/c1-5-6-7-8-9-10-11-12-13-14-15-16-17-18-19-20-26(29)32-23-25(28)24-34-35(30,31)33-22-21-27(2,3)4/h12-13,25,28H,5-11,14-24H2,1-4H3/p+1. The van der Waals surface area contributed by atoms with Crippen molar-refractivity contribution in [1.82, 2.24) is 0 Å². The number of rotatable bonds is 24. The van der Waals surface area contributed by atoms with Crippen LogP contribution in [0.15, 0.2) is 12.2 Å². The molecule has 0 aromatic heterocycles. The number of phosphoric ester groups is 1. The maximum absolute atomic E-state index is 11.8. The summed E-state index contributed by atoms with van der Waals surface area (Å²) in [4.78, 5) is 21.4. The molecule has 0 aliphatic carbocycles. The number of hydrogen-bond donors (Lipinski definition) is 2. The largest absolute Gasteiger partial charge is 0.472 e. The van der Waals surface area contributed by atoms with Crippen LogP contribution in [0.1, 0.15) is 96.8 Å². The molecule has 2 N–H and O–H groups in total. The van der Waals surface area contributed by atoms with Crippen LogP contribution in [0.5, 0.6) is 0 Å². The topological polar surface area (TPSA) is 102 Å². The van der Waals surface area contributed by atoms with Gasteiger partial charge in [-0.3, -0.25) is 13.8 Å². The zero-order valence-electron chi connectivity index (χ0n) is 22.8. The molecular formula is C26H53NO7P+. The van der Waals surface area contributed by atoms with Crippen molar-refractivity contribution >= 4 is 13.8 Å². The number of allylic oxidation sites excluding steroid dienone is 2. The number of carbonyl (C=O) groups is 1. The molecular weight excluding hydrogens is 469 g/mol. The first-order valence-electron chi connectivity index (χ1n) is 13.5. The van der Waals surface area contributed by atoms with Gasteiger partial charge in [-0.2, -0.15) is 0 Å². The molecule has 9 heteroatoms. The van der Waals surface area contributed by atoms with Gasteiger partial charge in [0.2, 0.25) is 0 Å². The molecule has 0 fully saturated rings. The lowest BCUT2D eigenvalue weighted by Gasteiger charge is -2.24. The third kappa shape index (κ3) is 26.1. The van der Waals surface area contributed by atoms with E-state index in [2.05, 4.69) is 19.1 Å². The predicted octanol–water partition coefficient (Wildman–Crippen LogP) is 5.77. The normalized spacial score (nSPS) is 14.8.